The van der Waals surface area contributed by atoms with Crippen molar-refractivity contribution in [3.63, 3.8) is 0 Å². The molecule has 1 aromatic rings. The lowest BCUT2D eigenvalue weighted by Gasteiger charge is -2.22. The van der Waals surface area contributed by atoms with Crippen LogP contribution in [0.3, 0.4) is 0 Å². The topological polar surface area (TPSA) is 70.7 Å². The minimum atomic E-state index is -0.104. The Balaban J connectivity index is 2.13. The van der Waals surface area contributed by atoms with Crippen LogP contribution in [-0.2, 0) is 4.79 Å². The van der Waals surface area contributed by atoms with E-state index in [9.17, 15) is 9.59 Å². The summed E-state index contributed by atoms with van der Waals surface area (Å²) in [6, 6.07) is 5.06. The van der Waals surface area contributed by atoms with Crippen LogP contribution in [0, 0.1) is 5.92 Å². The molecule has 1 heterocycles. The fraction of sp³-hybridized carbons (Fsp3) is 0.500. The highest BCUT2D eigenvalue weighted by Crippen LogP contribution is 2.27. The zero-order chi connectivity index (χ0) is 16.1. The Hall–Kier alpha value is -2.08. The van der Waals surface area contributed by atoms with E-state index >= 15 is 0 Å². The molecule has 1 saturated heterocycles. The molecule has 0 saturated carbocycles. The summed E-state index contributed by atoms with van der Waals surface area (Å²) in [5, 5.41) is 6.12. The lowest BCUT2D eigenvalue weighted by Crippen LogP contribution is -2.37. The lowest BCUT2D eigenvalue weighted by atomic mass is 9.98. The van der Waals surface area contributed by atoms with Gasteiger partial charge in [-0.25, -0.2) is 0 Å². The number of rotatable bonds is 4. The summed E-state index contributed by atoms with van der Waals surface area (Å²) in [5.74, 6) is 0.344. The zero-order valence-electron chi connectivity index (χ0n) is 13.3. The van der Waals surface area contributed by atoms with Gasteiger partial charge in [0.25, 0.3) is 5.91 Å². The number of carbonyl (C=O) groups excluding carboxylic acids is 2. The number of nitrogens with one attached hydrogen (secondary N) is 2. The van der Waals surface area contributed by atoms with Crippen molar-refractivity contribution in [2.75, 3.05) is 39.6 Å². The van der Waals surface area contributed by atoms with Crippen molar-refractivity contribution in [2.24, 2.45) is 5.92 Å². The summed E-state index contributed by atoms with van der Waals surface area (Å²) >= 11 is 0. The van der Waals surface area contributed by atoms with Crippen LogP contribution < -0.4 is 15.4 Å². The summed E-state index contributed by atoms with van der Waals surface area (Å²) in [6.45, 7) is 1.67. The number of hydrogen-bond donors (Lipinski definition) is 2. The predicted molar refractivity (Wildman–Crippen MR) is 85.2 cm³/mol. The SMILES string of the molecule is COc1cc(C(=O)N(C)C)ccc1NC(=O)C1CCCNC1. The van der Waals surface area contributed by atoms with Gasteiger partial charge < -0.3 is 20.3 Å². The molecule has 22 heavy (non-hydrogen) atoms. The Bertz CT molecular complexity index is 552. The number of amides is 2. The van der Waals surface area contributed by atoms with E-state index in [2.05, 4.69) is 10.6 Å². The monoisotopic (exact) mass is 305 g/mol. The molecule has 0 aromatic heterocycles. The second kappa shape index (κ2) is 7.26. The molecule has 1 aromatic carbocycles. The van der Waals surface area contributed by atoms with Gasteiger partial charge in [0.1, 0.15) is 5.75 Å². The average Bonchev–Trinajstić information content (AvgIpc) is 2.55. The van der Waals surface area contributed by atoms with E-state index in [0.717, 1.165) is 19.4 Å². The predicted octanol–water partition coefficient (Wildman–Crippen LogP) is 1.34. The van der Waals surface area contributed by atoms with Crippen LogP contribution in [0.5, 0.6) is 5.75 Å². The number of hydrogen-bond acceptors (Lipinski definition) is 4. The summed E-state index contributed by atoms with van der Waals surface area (Å²) in [7, 11) is 4.91. The molecule has 0 spiro atoms. The normalized spacial score (nSPS) is 17.7. The molecule has 1 aliphatic rings. The van der Waals surface area contributed by atoms with E-state index in [1.54, 1.807) is 32.3 Å². The van der Waals surface area contributed by atoms with Gasteiger partial charge in [0.15, 0.2) is 0 Å². The van der Waals surface area contributed by atoms with Crippen LogP contribution in [0.25, 0.3) is 0 Å². The maximum absolute atomic E-state index is 12.3. The molecule has 6 nitrogen and oxygen atoms in total. The molecule has 1 aliphatic heterocycles. The third kappa shape index (κ3) is 3.76. The van der Waals surface area contributed by atoms with Gasteiger partial charge in [-0.1, -0.05) is 0 Å². The largest absolute Gasteiger partial charge is 0.495 e. The Morgan fingerprint density at radius 2 is 2.14 bits per heavy atom. The number of nitrogens with zero attached hydrogens (tertiary/aromatic N) is 1. The lowest BCUT2D eigenvalue weighted by molar-refractivity contribution is -0.120. The Morgan fingerprint density at radius 3 is 2.73 bits per heavy atom. The van der Waals surface area contributed by atoms with E-state index in [-0.39, 0.29) is 17.7 Å². The Kier molecular flexibility index (Phi) is 5.38. The molecule has 6 heteroatoms. The summed E-state index contributed by atoms with van der Waals surface area (Å²) in [4.78, 5) is 25.7. The zero-order valence-corrected chi connectivity index (χ0v) is 13.3. The van der Waals surface area contributed by atoms with Gasteiger partial charge >= 0.3 is 0 Å². The molecule has 1 unspecified atom stereocenters. The maximum Gasteiger partial charge on any atom is 0.253 e. The van der Waals surface area contributed by atoms with Crippen molar-refractivity contribution in [3.05, 3.63) is 23.8 Å². The van der Waals surface area contributed by atoms with Crippen molar-refractivity contribution < 1.29 is 14.3 Å². The number of ether oxygens (including phenoxy) is 1. The molecule has 0 bridgehead atoms. The number of benzene rings is 1. The average molecular weight is 305 g/mol. The van der Waals surface area contributed by atoms with Gasteiger partial charge in [-0.05, 0) is 37.6 Å². The van der Waals surface area contributed by atoms with Gasteiger partial charge in [0, 0.05) is 26.2 Å². The maximum atomic E-state index is 12.3. The quantitative estimate of drug-likeness (QED) is 0.880. The van der Waals surface area contributed by atoms with Crippen molar-refractivity contribution in [1.29, 1.82) is 0 Å². The Labute approximate surface area is 130 Å². The fourth-order valence-electron chi connectivity index (χ4n) is 2.50. The van der Waals surface area contributed by atoms with Crippen LogP contribution in [0.4, 0.5) is 5.69 Å². The van der Waals surface area contributed by atoms with Gasteiger partial charge in [0.05, 0.1) is 18.7 Å². The molecule has 120 valence electrons. The fourth-order valence-corrected chi connectivity index (χ4v) is 2.50. The van der Waals surface area contributed by atoms with E-state index in [0.29, 0.717) is 23.5 Å². The van der Waals surface area contributed by atoms with Crippen molar-refractivity contribution >= 4 is 17.5 Å². The standard InChI is InChI=1S/C16H23N3O3/c1-19(2)16(21)11-6-7-13(14(9-11)22-3)18-15(20)12-5-4-8-17-10-12/h6-7,9,12,17H,4-5,8,10H2,1-3H3,(H,18,20). The smallest absolute Gasteiger partial charge is 0.253 e. The molecule has 0 aliphatic carbocycles. The van der Waals surface area contributed by atoms with E-state index in [4.69, 9.17) is 4.74 Å². The highest BCUT2D eigenvalue weighted by atomic mass is 16.5. The molecule has 2 amide bonds. The van der Waals surface area contributed by atoms with Crippen LogP contribution in [-0.4, -0.2) is 51.0 Å². The number of methoxy groups -OCH3 is 1. The third-order valence-electron chi connectivity index (χ3n) is 3.78. The van der Waals surface area contributed by atoms with Crippen LogP contribution in [0.1, 0.15) is 23.2 Å². The van der Waals surface area contributed by atoms with E-state index in [1.807, 2.05) is 0 Å². The number of carbonyl (C=O) groups is 2. The second-order valence-electron chi connectivity index (χ2n) is 5.65. The molecule has 2 rings (SSSR count). The first-order chi connectivity index (χ1) is 10.5. The summed E-state index contributed by atoms with van der Waals surface area (Å²) in [5.41, 5.74) is 1.12. The van der Waals surface area contributed by atoms with Crippen molar-refractivity contribution in [2.45, 2.75) is 12.8 Å². The molecule has 1 atom stereocenters. The minimum absolute atomic E-state index is 0.0165. The first-order valence-electron chi connectivity index (χ1n) is 7.44. The summed E-state index contributed by atoms with van der Waals surface area (Å²) in [6.07, 6.45) is 1.89. The first-order valence-corrected chi connectivity index (χ1v) is 7.44. The molecule has 1 fully saturated rings. The van der Waals surface area contributed by atoms with Crippen molar-refractivity contribution in [3.8, 4) is 5.75 Å². The van der Waals surface area contributed by atoms with Crippen molar-refractivity contribution in [1.82, 2.24) is 10.2 Å². The Morgan fingerprint density at radius 1 is 1.36 bits per heavy atom. The van der Waals surface area contributed by atoms with Gasteiger partial charge in [-0.15, -0.1) is 0 Å². The van der Waals surface area contributed by atoms with Crippen LogP contribution >= 0.6 is 0 Å². The highest BCUT2D eigenvalue weighted by molar-refractivity contribution is 5.97. The molecular formula is C16H23N3O3. The van der Waals surface area contributed by atoms with Gasteiger partial charge in [-0.3, -0.25) is 9.59 Å². The number of piperidine rings is 1. The second-order valence-corrected chi connectivity index (χ2v) is 5.65. The minimum Gasteiger partial charge on any atom is -0.495 e. The summed E-state index contributed by atoms with van der Waals surface area (Å²) < 4.78 is 5.30. The van der Waals surface area contributed by atoms with E-state index in [1.165, 1.54) is 12.0 Å². The molecule has 2 N–H and O–H groups in total. The third-order valence-corrected chi connectivity index (χ3v) is 3.78. The number of anilines is 1. The molecular weight excluding hydrogens is 282 g/mol. The highest BCUT2D eigenvalue weighted by Gasteiger charge is 2.22. The van der Waals surface area contributed by atoms with Gasteiger partial charge in [0.2, 0.25) is 5.91 Å². The van der Waals surface area contributed by atoms with Gasteiger partial charge in [-0.2, -0.15) is 0 Å². The molecule has 0 radical (unpaired) electrons. The van der Waals surface area contributed by atoms with E-state index < -0.39 is 0 Å². The first kappa shape index (κ1) is 16.3. The van der Waals surface area contributed by atoms with Crippen LogP contribution in [0.2, 0.25) is 0 Å². The van der Waals surface area contributed by atoms with Crippen LogP contribution in [0.15, 0.2) is 18.2 Å².